The SMILES string of the molecule is Cc1sc2nc1C(=O)NCc1nc(cs1)C(=O)NC(=O)N1C[C@H](O)[C@H](C)[C@H]1c1nc(cs1)-c1nc(cs1)-c1nc(-c3nc(NC(=O)O[C@H]4CC[C@H](C(=O)O)CC4)cs3)ccc1-c1nc(cs1)C(=O)N[C@H]2CC(N)=O. The van der Waals surface area contributed by atoms with Crippen molar-refractivity contribution in [1.82, 2.24) is 55.7 Å². The number of nitrogens with one attached hydrogen (secondary N) is 4. The number of aromatic nitrogens is 7. The minimum Gasteiger partial charge on any atom is -0.481 e. The summed E-state index contributed by atoms with van der Waals surface area (Å²) in [6.07, 6.45) is -0.712. The maximum atomic E-state index is 14.0. The highest BCUT2D eigenvalue weighted by Gasteiger charge is 2.44. The number of amides is 7. The predicted molar refractivity (Wildman–Crippen MR) is 274 cm³/mol. The molecule has 2 aliphatic heterocycles. The second kappa shape index (κ2) is 21.1. The number of imide groups is 1. The monoisotopic (exact) mass is 1120 g/mol. The second-order valence-electron chi connectivity index (χ2n) is 17.4. The molecule has 0 spiro atoms. The van der Waals surface area contributed by atoms with E-state index in [0.29, 0.717) is 83.9 Å². The molecule has 3 aliphatic rings. The van der Waals surface area contributed by atoms with Gasteiger partial charge in [0.2, 0.25) is 5.91 Å². The number of nitrogens with zero attached hydrogens (tertiary/aromatic N) is 8. The zero-order valence-corrected chi connectivity index (χ0v) is 43.6. The summed E-state index contributed by atoms with van der Waals surface area (Å²) in [6, 6.07) is 0.994. The molecule has 1 aliphatic carbocycles. The number of hydrogen-bond donors (Lipinski definition) is 7. The highest BCUT2D eigenvalue weighted by atomic mass is 32.1. The van der Waals surface area contributed by atoms with E-state index in [4.69, 9.17) is 30.4 Å². The molecular formula is C45H41N13O10S6. The highest BCUT2D eigenvalue weighted by molar-refractivity contribution is 7.15. The van der Waals surface area contributed by atoms with Gasteiger partial charge in [-0.05, 0) is 44.7 Å². The lowest BCUT2D eigenvalue weighted by atomic mass is 9.87. The van der Waals surface area contributed by atoms with Crippen LogP contribution in [0.3, 0.4) is 0 Å². The smallest absolute Gasteiger partial charge is 0.413 e. The van der Waals surface area contributed by atoms with Crippen LogP contribution in [-0.4, -0.2) is 110 Å². The number of aliphatic hydroxyl groups is 1. The fourth-order valence-electron chi connectivity index (χ4n) is 8.55. The maximum absolute atomic E-state index is 14.0. The van der Waals surface area contributed by atoms with Gasteiger partial charge in [0.1, 0.15) is 76.1 Å². The Balaban J connectivity index is 0.988. The molecule has 7 amide bonds. The quantitative estimate of drug-likeness (QED) is 0.0936. The van der Waals surface area contributed by atoms with Gasteiger partial charge >= 0.3 is 18.1 Å². The Kier molecular flexibility index (Phi) is 14.4. The molecule has 74 heavy (non-hydrogen) atoms. The van der Waals surface area contributed by atoms with Gasteiger partial charge in [0.05, 0.1) is 42.8 Å². The number of anilines is 1. The zero-order chi connectivity index (χ0) is 51.9. The second-order valence-corrected chi connectivity index (χ2v) is 23.0. The summed E-state index contributed by atoms with van der Waals surface area (Å²) in [5.41, 5.74) is 7.79. The number of ether oxygens (including phenoxy) is 1. The number of carbonyl (C=O) groups is 7. The van der Waals surface area contributed by atoms with Crippen molar-refractivity contribution in [3.63, 3.8) is 0 Å². The van der Waals surface area contributed by atoms with Crippen molar-refractivity contribution in [3.8, 4) is 43.4 Å². The molecule has 7 aromatic rings. The molecule has 7 aromatic heterocycles. The third-order valence-electron chi connectivity index (χ3n) is 12.4. The molecule has 1 saturated heterocycles. The molecule has 8 N–H and O–H groups in total. The molecule has 1 saturated carbocycles. The number of thiazole rings is 6. The van der Waals surface area contributed by atoms with E-state index in [9.17, 15) is 43.8 Å². The first-order chi connectivity index (χ1) is 35.5. The number of carboxylic acid groups (broad SMARTS) is 1. The molecule has 0 radical (unpaired) electrons. The van der Waals surface area contributed by atoms with Gasteiger partial charge in [0.15, 0.2) is 0 Å². The molecule has 2 fully saturated rings. The number of primary amides is 1. The Labute approximate surface area is 442 Å². The Bertz CT molecular complexity index is 3350. The van der Waals surface area contributed by atoms with Gasteiger partial charge in [0, 0.05) is 49.8 Å². The van der Waals surface area contributed by atoms with Crippen LogP contribution in [0.4, 0.5) is 15.4 Å². The molecule has 0 unspecified atom stereocenters. The van der Waals surface area contributed by atoms with Gasteiger partial charge < -0.3 is 36.2 Å². The molecule has 10 bridgehead atoms. The van der Waals surface area contributed by atoms with Crippen LogP contribution in [-0.2, 0) is 20.9 Å². The van der Waals surface area contributed by atoms with Crippen molar-refractivity contribution in [3.05, 3.63) is 76.0 Å². The number of pyridine rings is 1. The molecular weight excluding hydrogens is 1070 g/mol. The van der Waals surface area contributed by atoms with Crippen LogP contribution < -0.4 is 27.0 Å². The van der Waals surface area contributed by atoms with E-state index < -0.39 is 77.8 Å². The first-order valence-electron chi connectivity index (χ1n) is 22.7. The van der Waals surface area contributed by atoms with E-state index in [0.717, 1.165) is 34.0 Å². The van der Waals surface area contributed by atoms with E-state index in [1.54, 1.807) is 47.5 Å². The lowest BCUT2D eigenvalue weighted by Crippen LogP contribution is -2.43. The van der Waals surface area contributed by atoms with Gasteiger partial charge in [0.25, 0.3) is 17.7 Å². The normalized spacial score (nSPS) is 21.3. The third kappa shape index (κ3) is 10.7. The molecule has 0 aromatic carbocycles. The number of carbonyl (C=O) groups excluding carboxylic acids is 6. The van der Waals surface area contributed by atoms with Gasteiger partial charge in [-0.2, -0.15) is 0 Å². The van der Waals surface area contributed by atoms with Crippen LogP contribution in [0.5, 0.6) is 0 Å². The lowest BCUT2D eigenvalue weighted by Gasteiger charge is -2.25. The van der Waals surface area contributed by atoms with Crippen LogP contribution in [0.2, 0.25) is 0 Å². The van der Waals surface area contributed by atoms with Gasteiger partial charge in [-0.25, -0.2) is 44.5 Å². The number of rotatable bonds is 6. The summed E-state index contributed by atoms with van der Waals surface area (Å²) in [5.74, 6) is -4.30. The minimum atomic E-state index is -1.03. The Morgan fingerprint density at radius 1 is 0.770 bits per heavy atom. The van der Waals surface area contributed by atoms with Gasteiger partial charge in [-0.1, -0.05) is 6.92 Å². The average Bonchev–Trinajstić information content (AvgIpc) is 4.23. The number of hydrogen-bond acceptors (Lipinski definition) is 22. The standard InChI is InChI=1S/C45H41N13O10S6/c1-17-28(59)11-58-34(17)42-53-27(15-72-42)40-51-24(12-71-40)33-21(7-8-22(49-33)39-54-30(16-73-39)55-45(67)68-20-5-3-19(4-6-20)43(64)65)38-52-26(14-70-38)35(61)50-23(9-29(46)60)41-56-32(18(2)74-41)37(63)47-10-31-48-25(13-69-31)36(62)57-44(58)66/h7-8,12-17,19-20,23,28,34,59H,3-6,9-11H2,1-2H3,(H2,46,60)(H,47,63)(H,50,61)(H,55,67)(H,64,65)(H,57,62,66)/t17-,19-,20-,23-,28-,34-/m0/s1. The van der Waals surface area contributed by atoms with Crippen LogP contribution in [0.25, 0.3) is 43.4 Å². The first kappa shape index (κ1) is 50.5. The van der Waals surface area contributed by atoms with Crippen molar-refractivity contribution >= 4 is 116 Å². The molecule has 10 rings (SSSR count). The Morgan fingerprint density at radius 3 is 2.26 bits per heavy atom. The number of aryl methyl sites for hydroxylation is 1. The summed E-state index contributed by atoms with van der Waals surface area (Å²) in [7, 11) is 0. The van der Waals surface area contributed by atoms with Crippen molar-refractivity contribution in [2.75, 3.05) is 11.9 Å². The maximum Gasteiger partial charge on any atom is 0.413 e. The zero-order valence-electron chi connectivity index (χ0n) is 38.7. The Hall–Kier alpha value is -7.02. The van der Waals surface area contributed by atoms with E-state index in [2.05, 4.69) is 36.2 Å². The van der Waals surface area contributed by atoms with E-state index in [1.165, 1.54) is 44.3 Å². The number of nitrogens with two attached hydrogens (primary N) is 1. The predicted octanol–water partition coefficient (Wildman–Crippen LogP) is 6.48. The van der Waals surface area contributed by atoms with E-state index in [-0.39, 0.29) is 47.4 Å². The van der Waals surface area contributed by atoms with Crippen molar-refractivity contribution in [2.24, 2.45) is 17.6 Å². The number of carboxylic acids is 1. The van der Waals surface area contributed by atoms with Crippen LogP contribution in [0.15, 0.2) is 39.0 Å². The number of urea groups is 1. The topological polar surface area (TPSA) is 337 Å². The van der Waals surface area contributed by atoms with Crippen LogP contribution in [0.1, 0.15) is 102 Å². The summed E-state index contributed by atoms with van der Waals surface area (Å²) in [5, 5.41) is 41.6. The third-order valence-corrected chi connectivity index (χ3v) is 17.8. The number of aliphatic hydroxyl groups excluding tert-OH is 1. The molecule has 23 nitrogen and oxygen atoms in total. The Morgan fingerprint density at radius 2 is 1.47 bits per heavy atom. The largest absolute Gasteiger partial charge is 0.481 e. The van der Waals surface area contributed by atoms with Crippen LogP contribution >= 0.6 is 68.0 Å². The minimum absolute atomic E-state index is 0.00982. The van der Waals surface area contributed by atoms with Gasteiger partial charge in [-0.3, -0.25) is 34.6 Å². The number of fused-ring (bicyclic) bond motifs is 16. The lowest BCUT2D eigenvalue weighted by molar-refractivity contribution is -0.143. The average molecular weight is 1120 g/mol. The van der Waals surface area contributed by atoms with Crippen molar-refractivity contribution in [2.45, 2.75) is 76.8 Å². The fourth-order valence-corrected chi connectivity index (χ4v) is 13.7. The van der Waals surface area contributed by atoms with E-state index in [1.807, 2.05) is 0 Å². The van der Waals surface area contributed by atoms with Crippen LogP contribution in [0, 0.1) is 18.8 Å². The summed E-state index contributed by atoms with van der Waals surface area (Å²) in [4.78, 5) is 126. The summed E-state index contributed by atoms with van der Waals surface area (Å²) in [6.45, 7) is 3.30. The van der Waals surface area contributed by atoms with Crippen molar-refractivity contribution in [1.29, 1.82) is 0 Å². The van der Waals surface area contributed by atoms with E-state index >= 15 is 0 Å². The van der Waals surface area contributed by atoms with Crippen molar-refractivity contribution < 1.29 is 48.5 Å². The molecule has 29 heteroatoms. The summed E-state index contributed by atoms with van der Waals surface area (Å²) >= 11 is 7.10. The molecule has 4 atom stereocenters. The molecule has 9 heterocycles. The number of aliphatic carboxylic acids is 1. The summed E-state index contributed by atoms with van der Waals surface area (Å²) < 4.78 is 5.58. The van der Waals surface area contributed by atoms with Gasteiger partial charge in [-0.15, -0.1) is 68.0 Å². The first-order valence-corrected chi connectivity index (χ1v) is 27.9. The highest BCUT2D eigenvalue weighted by Crippen LogP contribution is 2.42. The fraction of sp³-hybridized carbons (Fsp3) is 0.333. The molecule has 382 valence electrons.